The third-order valence-corrected chi connectivity index (χ3v) is 3.59. The lowest BCUT2D eigenvalue weighted by atomic mass is 10.0. The predicted octanol–water partition coefficient (Wildman–Crippen LogP) is 0.0656. The van der Waals surface area contributed by atoms with Gasteiger partial charge in [0.25, 0.3) is 0 Å². The molecule has 1 heterocycles. The van der Waals surface area contributed by atoms with Crippen LogP contribution in [-0.2, 0) is 4.79 Å². The number of carbonyl (C=O) groups is 1. The van der Waals surface area contributed by atoms with Gasteiger partial charge in [0.2, 0.25) is 5.91 Å². The van der Waals surface area contributed by atoms with E-state index < -0.39 is 0 Å². The normalized spacial score (nSPS) is 19.2. The molecule has 1 aliphatic rings. The molecule has 112 valence electrons. The van der Waals surface area contributed by atoms with E-state index in [4.69, 9.17) is 5.73 Å². The molecule has 1 amide bonds. The van der Waals surface area contributed by atoms with Crippen LogP contribution in [0.3, 0.4) is 0 Å². The minimum Gasteiger partial charge on any atom is -0.339 e. The molecule has 0 aromatic rings. The predicted molar refractivity (Wildman–Crippen MR) is 79.0 cm³/mol. The first-order valence-corrected chi connectivity index (χ1v) is 7.31. The van der Waals surface area contributed by atoms with Crippen molar-refractivity contribution in [3.63, 3.8) is 0 Å². The molecule has 5 nitrogen and oxygen atoms in total. The first-order chi connectivity index (χ1) is 8.90. The van der Waals surface area contributed by atoms with E-state index in [9.17, 15) is 4.79 Å². The average Bonchev–Trinajstić information content (AvgIpc) is 2.35. The van der Waals surface area contributed by atoms with Crippen molar-refractivity contribution < 1.29 is 4.79 Å². The Hall–Kier alpha value is -0.650. The second-order valence-corrected chi connectivity index (χ2v) is 6.21. The maximum atomic E-state index is 12.2. The van der Waals surface area contributed by atoms with Gasteiger partial charge in [0.1, 0.15) is 0 Å². The van der Waals surface area contributed by atoms with Crippen molar-refractivity contribution in [2.75, 3.05) is 53.4 Å². The summed E-state index contributed by atoms with van der Waals surface area (Å²) in [5, 5.41) is 0. The minimum absolute atomic E-state index is 0.126. The van der Waals surface area contributed by atoms with E-state index in [2.05, 4.69) is 37.7 Å². The maximum Gasteiger partial charge on any atom is 0.239 e. The molecule has 0 aromatic heterocycles. The summed E-state index contributed by atoms with van der Waals surface area (Å²) in [6, 6.07) is -0.326. The number of amides is 1. The monoisotopic (exact) mass is 270 g/mol. The highest BCUT2D eigenvalue weighted by molar-refractivity contribution is 5.81. The van der Waals surface area contributed by atoms with Crippen LogP contribution in [-0.4, -0.2) is 80.0 Å². The zero-order valence-electron chi connectivity index (χ0n) is 12.9. The quantitative estimate of drug-likeness (QED) is 0.742. The van der Waals surface area contributed by atoms with Gasteiger partial charge >= 0.3 is 0 Å². The number of likely N-dealkylation sites (N-methyl/N-ethyl adjacent to an activating group) is 1. The summed E-state index contributed by atoms with van der Waals surface area (Å²) in [6.07, 6.45) is 0.777. The second kappa shape index (κ2) is 7.82. The van der Waals surface area contributed by atoms with Gasteiger partial charge in [0.15, 0.2) is 0 Å². The van der Waals surface area contributed by atoms with E-state index in [0.29, 0.717) is 5.92 Å². The van der Waals surface area contributed by atoms with E-state index in [0.717, 1.165) is 45.7 Å². The SMILES string of the molecule is CC(C)CC(N)C(=O)N1CCN(CCN(C)C)CC1. The molecule has 0 aromatic carbocycles. The molecule has 2 N–H and O–H groups in total. The Kier molecular flexibility index (Phi) is 6.75. The third-order valence-electron chi connectivity index (χ3n) is 3.59. The molecule has 1 aliphatic heterocycles. The number of hydrogen-bond donors (Lipinski definition) is 1. The van der Waals surface area contributed by atoms with Crippen LogP contribution in [0.25, 0.3) is 0 Å². The van der Waals surface area contributed by atoms with Crippen LogP contribution >= 0.6 is 0 Å². The molecule has 1 fully saturated rings. The third kappa shape index (κ3) is 5.89. The van der Waals surface area contributed by atoms with Crippen LogP contribution < -0.4 is 5.73 Å². The summed E-state index contributed by atoms with van der Waals surface area (Å²) in [6.45, 7) is 9.92. The number of nitrogens with zero attached hydrogens (tertiary/aromatic N) is 3. The van der Waals surface area contributed by atoms with E-state index in [-0.39, 0.29) is 11.9 Å². The van der Waals surface area contributed by atoms with Crippen LogP contribution in [0.4, 0.5) is 0 Å². The number of hydrogen-bond acceptors (Lipinski definition) is 4. The van der Waals surface area contributed by atoms with Crippen LogP contribution in [0.1, 0.15) is 20.3 Å². The van der Waals surface area contributed by atoms with E-state index in [1.165, 1.54) is 0 Å². The van der Waals surface area contributed by atoms with Gasteiger partial charge in [-0.2, -0.15) is 0 Å². The van der Waals surface area contributed by atoms with Gasteiger partial charge in [-0.25, -0.2) is 0 Å². The molecule has 0 radical (unpaired) electrons. The first-order valence-electron chi connectivity index (χ1n) is 7.31. The average molecular weight is 270 g/mol. The fourth-order valence-electron chi connectivity index (χ4n) is 2.38. The van der Waals surface area contributed by atoms with Gasteiger partial charge in [0, 0.05) is 39.3 Å². The van der Waals surface area contributed by atoms with E-state index >= 15 is 0 Å². The molecular formula is C14H30N4O. The van der Waals surface area contributed by atoms with Crippen molar-refractivity contribution in [2.24, 2.45) is 11.7 Å². The Morgan fingerprint density at radius 3 is 2.26 bits per heavy atom. The molecule has 1 rings (SSSR count). The van der Waals surface area contributed by atoms with Crippen molar-refractivity contribution in [3.05, 3.63) is 0 Å². The highest BCUT2D eigenvalue weighted by Gasteiger charge is 2.25. The topological polar surface area (TPSA) is 52.8 Å². The Morgan fingerprint density at radius 2 is 1.79 bits per heavy atom. The Balaban J connectivity index is 2.30. The molecule has 0 saturated carbocycles. The fraction of sp³-hybridized carbons (Fsp3) is 0.929. The van der Waals surface area contributed by atoms with Gasteiger partial charge in [-0.15, -0.1) is 0 Å². The van der Waals surface area contributed by atoms with Gasteiger partial charge in [0.05, 0.1) is 6.04 Å². The lowest BCUT2D eigenvalue weighted by Gasteiger charge is -2.36. The number of nitrogens with two attached hydrogens (primary N) is 1. The van der Waals surface area contributed by atoms with Crippen molar-refractivity contribution >= 4 is 5.91 Å². The zero-order valence-corrected chi connectivity index (χ0v) is 12.9. The molecule has 5 heteroatoms. The van der Waals surface area contributed by atoms with E-state index in [1.807, 2.05) is 4.90 Å². The summed E-state index contributed by atoms with van der Waals surface area (Å²) in [5.74, 6) is 0.598. The molecular weight excluding hydrogens is 240 g/mol. The van der Waals surface area contributed by atoms with E-state index in [1.54, 1.807) is 0 Å². The van der Waals surface area contributed by atoms with Gasteiger partial charge < -0.3 is 15.5 Å². The highest BCUT2D eigenvalue weighted by Crippen LogP contribution is 2.08. The van der Waals surface area contributed by atoms with Gasteiger partial charge in [-0.3, -0.25) is 9.69 Å². The van der Waals surface area contributed by atoms with Crippen LogP contribution in [0.15, 0.2) is 0 Å². The molecule has 19 heavy (non-hydrogen) atoms. The lowest BCUT2D eigenvalue weighted by Crippen LogP contribution is -2.54. The summed E-state index contributed by atoms with van der Waals surface area (Å²) in [4.78, 5) is 18.7. The largest absolute Gasteiger partial charge is 0.339 e. The lowest BCUT2D eigenvalue weighted by molar-refractivity contribution is -0.134. The molecule has 0 spiro atoms. The van der Waals surface area contributed by atoms with Gasteiger partial charge in [-0.05, 0) is 26.4 Å². The fourth-order valence-corrected chi connectivity index (χ4v) is 2.38. The second-order valence-electron chi connectivity index (χ2n) is 6.21. The van der Waals surface area contributed by atoms with Crippen LogP contribution in [0.2, 0.25) is 0 Å². The molecule has 1 atom stereocenters. The highest BCUT2D eigenvalue weighted by atomic mass is 16.2. The molecule has 1 saturated heterocycles. The van der Waals surface area contributed by atoms with Crippen molar-refractivity contribution in [3.8, 4) is 0 Å². The van der Waals surface area contributed by atoms with Crippen molar-refractivity contribution in [1.82, 2.24) is 14.7 Å². The van der Waals surface area contributed by atoms with Crippen molar-refractivity contribution in [2.45, 2.75) is 26.3 Å². The summed E-state index contributed by atoms with van der Waals surface area (Å²) in [7, 11) is 4.18. The number of piperazine rings is 1. The molecule has 0 bridgehead atoms. The Bertz CT molecular complexity index is 273. The Labute approximate surface area is 117 Å². The molecule has 0 aliphatic carbocycles. The minimum atomic E-state index is -0.326. The molecule has 1 unspecified atom stereocenters. The standard InChI is InChI=1S/C14H30N4O/c1-12(2)11-13(15)14(19)18-9-7-17(8-10-18)6-5-16(3)4/h12-13H,5-11,15H2,1-4H3. The number of rotatable bonds is 6. The number of carbonyl (C=O) groups excluding carboxylic acids is 1. The maximum absolute atomic E-state index is 12.2. The summed E-state index contributed by atoms with van der Waals surface area (Å²) in [5.41, 5.74) is 5.97. The van der Waals surface area contributed by atoms with Gasteiger partial charge in [-0.1, -0.05) is 13.8 Å². The Morgan fingerprint density at radius 1 is 1.21 bits per heavy atom. The van der Waals surface area contributed by atoms with Crippen LogP contribution in [0.5, 0.6) is 0 Å². The smallest absolute Gasteiger partial charge is 0.239 e. The first kappa shape index (κ1) is 16.4. The van der Waals surface area contributed by atoms with Crippen molar-refractivity contribution in [1.29, 1.82) is 0 Å². The zero-order chi connectivity index (χ0) is 14.4. The summed E-state index contributed by atoms with van der Waals surface area (Å²) >= 11 is 0. The summed E-state index contributed by atoms with van der Waals surface area (Å²) < 4.78 is 0. The van der Waals surface area contributed by atoms with Crippen LogP contribution in [0, 0.1) is 5.92 Å².